The molecular formula is C28H38N3OS+. The Bertz CT molecular complexity index is 1030. The number of quaternary nitrogens is 1. The van der Waals surface area contributed by atoms with E-state index in [0.29, 0.717) is 11.5 Å². The van der Waals surface area contributed by atoms with E-state index >= 15 is 0 Å². The van der Waals surface area contributed by atoms with E-state index in [4.69, 9.17) is 0 Å². The fourth-order valence-corrected chi connectivity index (χ4v) is 7.24. The van der Waals surface area contributed by atoms with Gasteiger partial charge in [0.05, 0.1) is 25.1 Å². The lowest BCUT2D eigenvalue weighted by Crippen LogP contribution is -2.58. The predicted molar refractivity (Wildman–Crippen MR) is 138 cm³/mol. The molecule has 6 rings (SSSR count). The summed E-state index contributed by atoms with van der Waals surface area (Å²) in [7, 11) is 4.38. The number of piperidine rings is 1. The number of likely N-dealkylation sites (tertiary alicyclic amines) is 1. The Balaban J connectivity index is 1.14. The van der Waals surface area contributed by atoms with E-state index in [1.165, 1.54) is 29.8 Å². The lowest BCUT2D eigenvalue weighted by molar-refractivity contribution is -0.910. The van der Waals surface area contributed by atoms with E-state index in [-0.39, 0.29) is 6.03 Å². The zero-order valence-corrected chi connectivity index (χ0v) is 21.3. The first-order valence-corrected chi connectivity index (χ1v) is 13.3. The average molecular weight is 465 g/mol. The predicted octanol–water partition coefficient (Wildman–Crippen LogP) is 6.48. The van der Waals surface area contributed by atoms with Gasteiger partial charge in [0.25, 0.3) is 0 Å². The largest absolute Gasteiger partial charge is 0.324 e. The first-order chi connectivity index (χ1) is 15.7. The monoisotopic (exact) mass is 464 g/mol. The standard InChI is InChI=1S/C28H37N3OS/c1-28(2)22-11-10-21(24(28)18-22)19-31(4)16-14-23(15-17-31)30(3)27(32)29-26-13-12-25(33-26)20-8-6-5-7-9-20/h5-10,12-13,22-24H,11,14-19H2,1-4H3/p+1. The number of carbonyl (C=O) groups excluding carboxylic acids is 1. The third-order valence-corrected chi connectivity index (χ3v) is 9.96. The molecular weight excluding hydrogens is 426 g/mol. The molecule has 2 fully saturated rings. The first-order valence-electron chi connectivity index (χ1n) is 12.5. The van der Waals surface area contributed by atoms with Gasteiger partial charge in [0.15, 0.2) is 0 Å². The minimum Gasteiger partial charge on any atom is -0.324 e. The molecule has 2 atom stereocenters. The molecule has 3 aliphatic carbocycles. The van der Waals surface area contributed by atoms with Gasteiger partial charge in [-0.05, 0) is 53.4 Å². The van der Waals surface area contributed by atoms with E-state index < -0.39 is 0 Å². The number of likely N-dealkylation sites (N-methyl/N-ethyl adjacent to an activating group) is 1. The molecule has 1 aromatic heterocycles. The molecule has 2 aromatic rings. The molecule has 4 aliphatic rings. The highest BCUT2D eigenvalue weighted by Crippen LogP contribution is 2.59. The fraction of sp³-hybridized carbons (Fsp3) is 0.536. The number of amides is 2. The Morgan fingerprint density at radius 2 is 1.88 bits per heavy atom. The second-order valence-electron chi connectivity index (χ2n) is 11.3. The van der Waals surface area contributed by atoms with Crippen LogP contribution in [0, 0.1) is 17.3 Å². The Morgan fingerprint density at radius 3 is 2.55 bits per heavy atom. The van der Waals surface area contributed by atoms with Crippen LogP contribution in [0.2, 0.25) is 0 Å². The number of urea groups is 1. The molecule has 1 aliphatic heterocycles. The minimum absolute atomic E-state index is 0.00909. The maximum atomic E-state index is 13.0. The second-order valence-corrected chi connectivity index (χ2v) is 12.4. The van der Waals surface area contributed by atoms with Crippen LogP contribution in [0.15, 0.2) is 54.1 Å². The molecule has 2 bridgehead atoms. The van der Waals surface area contributed by atoms with Crippen LogP contribution in [0.3, 0.4) is 0 Å². The lowest BCUT2D eigenvalue weighted by atomic mass is 9.49. The maximum absolute atomic E-state index is 13.0. The molecule has 5 heteroatoms. The Kier molecular flexibility index (Phi) is 5.90. The van der Waals surface area contributed by atoms with Gasteiger partial charge in [0.2, 0.25) is 0 Å². The maximum Gasteiger partial charge on any atom is 0.322 e. The highest BCUT2D eigenvalue weighted by molar-refractivity contribution is 7.19. The molecule has 2 amide bonds. The van der Waals surface area contributed by atoms with Crippen molar-refractivity contribution >= 4 is 22.4 Å². The van der Waals surface area contributed by atoms with E-state index in [1.807, 2.05) is 36.2 Å². The van der Waals surface area contributed by atoms with Gasteiger partial charge >= 0.3 is 6.03 Å². The molecule has 1 N–H and O–H groups in total. The molecule has 1 aromatic carbocycles. The van der Waals surface area contributed by atoms with E-state index in [0.717, 1.165) is 47.3 Å². The first kappa shape index (κ1) is 22.7. The summed E-state index contributed by atoms with van der Waals surface area (Å²) in [5, 5.41) is 4.04. The third-order valence-electron chi connectivity index (χ3n) is 8.91. The van der Waals surface area contributed by atoms with Crippen LogP contribution in [-0.4, -0.2) is 55.2 Å². The number of benzene rings is 1. The summed E-state index contributed by atoms with van der Waals surface area (Å²) in [5.41, 5.74) is 3.40. The van der Waals surface area contributed by atoms with Crippen molar-refractivity contribution in [2.24, 2.45) is 17.3 Å². The number of rotatable bonds is 5. The number of nitrogens with one attached hydrogen (secondary N) is 1. The summed E-state index contributed by atoms with van der Waals surface area (Å²) in [6, 6.07) is 14.8. The van der Waals surface area contributed by atoms with Crippen LogP contribution >= 0.6 is 11.3 Å². The highest BCUT2D eigenvalue weighted by Gasteiger charge is 2.52. The molecule has 2 heterocycles. The van der Waals surface area contributed by atoms with Gasteiger partial charge in [0.1, 0.15) is 6.54 Å². The number of hydrogen-bond donors (Lipinski definition) is 1. The average Bonchev–Trinajstić information content (AvgIpc) is 3.28. The fourth-order valence-electron chi connectivity index (χ4n) is 6.34. The van der Waals surface area contributed by atoms with Crippen LogP contribution in [0.25, 0.3) is 10.4 Å². The summed E-state index contributed by atoms with van der Waals surface area (Å²) >= 11 is 1.63. The van der Waals surface area contributed by atoms with Gasteiger partial charge in [-0.25, -0.2) is 4.79 Å². The van der Waals surface area contributed by atoms with Crippen molar-refractivity contribution in [2.45, 2.75) is 45.6 Å². The Labute approximate surface area is 202 Å². The molecule has 4 nitrogen and oxygen atoms in total. The number of anilines is 1. The number of hydrogen-bond acceptors (Lipinski definition) is 2. The summed E-state index contributed by atoms with van der Waals surface area (Å²) in [6.45, 7) is 8.42. The number of thiophene rings is 1. The van der Waals surface area contributed by atoms with Gasteiger partial charge in [0, 0.05) is 30.8 Å². The lowest BCUT2D eigenvalue weighted by Gasteiger charge is -2.57. The zero-order chi connectivity index (χ0) is 23.2. The van der Waals surface area contributed by atoms with E-state index in [2.05, 4.69) is 50.5 Å². The summed E-state index contributed by atoms with van der Waals surface area (Å²) in [4.78, 5) is 16.1. The molecule has 1 saturated heterocycles. The van der Waals surface area contributed by atoms with Crippen molar-refractivity contribution in [3.05, 3.63) is 54.1 Å². The number of nitrogens with zero attached hydrogens (tertiary/aromatic N) is 2. The highest BCUT2D eigenvalue weighted by atomic mass is 32.1. The minimum atomic E-state index is 0.00909. The topological polar surface area (TPSA) is 32.3 Å². The molecule has 1 saturated carbocycles. The summed E-state index contributed by atoms with van der Waals surface area (Å²) < 4.78 is 1.13. The van der Waals surface area contributed by atoms with Crippen molar-refractivity contribution in [2.75, 3.05) is 39.0 Å². The molecule has 176 valence electrons. The number of fused-ring (bicyclic) bond motifs is 1. The van der Waals surface area contributed by atoms with E-state index in [9.17, 15) is 4.79 Å². The summed E-state index contributed by atoms with van der Waals surface area (Å²) in [5.74, 6) is 1.70. The van der Waals surface area contributed by atoms with Crippen molar-refractivity contribution < 1.29 is 9.28 Å². The van der Waals surface area contributed by atoms with Gasteiger partial charge in [-0.1, -0.05) is 50.3 Å². The van der Waals surface area contributed by atoms with Crippen LogP contribution in [0.1, 0.15) is 39.5 Å². The number of allylic oxidation sites excluding steroid dienone is 1. The molecule has 2 unspecified atom stereocenters. The van der Waals surface area contributed by atoms with Crippen LogP contribution < -0.4 is 5.32 Å². The zero-order valence-electron chi connectivity index (χ0n) is 20.5. The molecule has 0 radical (unpaired) electrons. The van der Waals surface area contributed by atoms with Crippen molar-refractivity contribution in [1.82, 2.24) is 4.90 Å². The Morgan fingerprint density at radius 1 is 1.15 bits per heavy atom. The SMILES string of the molecule is CN(C(=O)Nc1ccc(-c2ccccc2)s1)C1CC[N+](C)(CC2=CCC3CC2C3(C)C)CC1. The Hall–Kier alpha value is -2.11. The van der Waals surface area contributed by atoms with Gasteiger partial charge < -0.3 is 9.38 Å². The third kappa shape index (κ3) is 4.38. The van der Waals surface area contributed by atoms with Gasteiger partial charge in [-0.15, -0.1) is 11.3 Å². The normalized spacial score (nSPS) is 30.2. The smallest absolute Gasteiger partial charge is 0.322 e. The second kappa shape index (κ2) is 8.59. The quantitative estimate of drug-likeness (QED) is 0.399. The van der Waals surface area contributed by atoms with Crippen LogP contribution in [0.5, 0.6) is 0 Å². The summed E-state index contributed by atoms with van der Waals surface area (Å²) in [6.07, 6.45) is 7.39. The van der Waals surface area contributed by atoms with Crippen LogP contribution in [0.4, 0.5) is 9.80 Å². The van der Waals surface area contributed by atoms with Crippen LogP contribution in [-0.2, 0) is 0 Å². The van der Waals surface area contributed by atoms with Gasteiger partial charge in [-0.2, -0.15) is 0 Å². The van der Waals surface area contributed by atoms with Crippen molar-refractivity contribution in [1.29, 1.82) is 0 Å². The van der Waals surface area contributed by atoms with Gasteiger partial charge in [-0.3, -0.25) is 5.32 Å². The van der Waals surface area contributed by atoms with Crippen molar-refractivity contribution in [3.8, 4) is 10.4 Å². The molecule has 0 spiro atoms. The van der Waals surface area contributed by atoms with E-state index in [1.54, 1.807) is 16.9 Å². The molecule has 33 heavy (non-hydrogen) atoms. The van der Waals surface area contributed by atoms with Crippen molar-refractivity contribution in [3.63, 3.8) is 0 Å². The number of carbonyl (C=O) groups is 1.